The van der Waals surface area contributed by atoms with Gasteiger partial charge >= 0.3 is 5.65 Å². The van der Waals surface area contributed by atoms with Crippen LogP contribution < -0.4 is 4.98 Å². The van der Waals surface area contributed by atoms with Crippen LogP contribution in [0.5, 0.6) is 0 Å². The van der Waals surface area contributed by atoms with Crippen LogP contribution >= 0.6 is 22.7 Å². The SMILES string of the molecule is c1nc(-c2cnnc3ncsc23)c2sc[nH+]c2n1. The van der Waals surface area contributed by atoms with E-state index in [-0.39, 0.29) is 0 Å². The standard InChI is InChI=1S/C10H4N6S2/c1-5(7-10(16-15-1)14-4-17-7)6-8-9(12-2-11-6)13-3-18-8/h1-4H/p+1. The predicted molar refractivity (Wildman–Crippen MR) is 68.2 cm³/mol. The summed E-state index contributed by atoms with van der Waals surface area (Å²) in [5, 5.41) is 7.98. The third kappa shape index (κ3) is 1.33. The van der Waals surface area contributed by atoms with Crippen molar-refractivity contribution in [2.45, 2.75) is 0 Å². The average molecular weight is 273 g/mol. The lowest BCUT2D eigenvalue weighted by Crippen LogP contribution is -1.98. The van der Waals surface area contributed by atoms with Crippen molar-refractivity contribution in [1.29, 1.82) is 0 Å². The molecule has 1 N–H and O–H groups in total. The molecule has 4 aromatic rings. The van der Waals surface area contributed by atoms with Gasteiger partial charge in [0.2, 0.25) is 6.33 Å². The van der Waals surface area contributed by atoms with Crippen molar-refractivity contribution in [3.05, 3.63) is 23.5 Å². The highest BCUT2D eigenvalue weighted by Gasteiger charge is 2.17. The summed E-state index contributed by atoms with van der Waals surface area (Å²) in [6.45, 7) is 0. The second-order valence-corrected chi connectivity index (χ2v) is 5.28. The van der Waals surface area contributed by atoms with Crippen LogP contribution in [0.3, 0.4) is 0 Å². The van der Waals surface area contributed by atoms with Gasteiger partial charge in [0, 0.05) is 5.56 Å². The summed E-state index contributed by atoms with van der Waals surface area (Å²) in [7, 11) is 0. The fourth-order valence-corrected chi connectivity index (χ4v) is 3.31. The average Bonchev–Trinajstić information content (AvgIpc) is 3.06. The maximum absolute atomic E-state index is 4.37. The fraction of sp³-hybridized carbons (Fsp3) is 0. The molecule has 8 heteroatoms. The van der Waals surface area contributed by atoms with E-state index < -0.39 is 0 Å². The number of nitrogens with one attached hydrogen (secondary N) is 1. The van der Waals surface area contributed by atoms with Crippen molar-refractivity contribution >= 4 is 43.4 Å². The summed E-state index contributed by atoms with van der Waals surface area (Å²) in [5.41, 5.74) is 6.97. The molecule has 0 fully saturated rings. The van der Waals surface area contributed by atoms with Crippen molar-refractivity contribution in [1.82, 2.24) is 25.1 Å². The minimum Gasteiger partial charge on any atom is -0.234 e. The molecule has 0 bridgehead atoms. The Kier molecular flexibility index (Phi) is 2.05. The lowest BCUT2D eigenvalue weighted by Gasteiger charge is -1.98. The van der Waals surface area contributed by atoms with Crippen LogP contribution in [0.2, 0.25) is 0 Å². The third-order valence-corrected chi connectivity index (χ3v) is 4.27. The zero-order valence-corrected chi connectivity index (χ0v) is 10.5. The van der Waals surface area contributed by atoms with E-state index in [1.807, 2.05) is 5.51 Å². The molecular formula is C10H5N6S2+. The van der Waals surface area contributed by atoms with Crippen molar-refractivity contribution in [3.8, 4) is 11.3 Å². The molecule has 6 nitrogen and oxygen atoms in total. The van der Waals surface area contributed by atoms with Crippen LogP contribution in [0.15, 0.2) is 23.5 Å². The Morgan fingerprint density at radius 2 is 2.06 bits per heavy atom. The maximum atomic E-state index is 4.37. The predicted octanol–water partition coefficient (Wildman–Crippen LogP) is 1.57. The molecule has 86 valence electrons. The number of H-pyrrole nitrogens is 1. The largest absolute Gasteiger partial charge is 0.343 e. The van der Waals surface area contributed by atoms with Gasteiger partial charge in [0.05, 0.1) is 16.4 Å². The quantitative estimate of drug-likeness (QED) is 0.526. The summed E-state index contributed by atoms with van der Waals surface area (Å²) in [6.07, 6.45) is 3.27. The molecule has 0 unspecified atom stereocenters. The molecule has 0 radical (unpaired) electrons. The molecule has 18 heavy (non-hydrogen) atoms. The van der Waals surface area contributed by atoms with E-state index in [1.54, 1.807) is 40.7 Å². The van der Waals surface area contributed by atoms with Crippen molar-refractivity contribution in [2.24, 2.45) is 0 Å². The first-order valence-electron chi connectivity index (χ1n) is 5.08. The highest BCUT2D eigenvalue weighted by atomic mass is 32.1. The Bertz CT molecular complexity index is 779. The van der Waals surface area contributed by atoms with Gasteiger partial charge in [-0.15, -0.1) is 16.4 Å². The van der Waals surface area contributed by atoms with Crippen LogP contribution in [-0.4, -0.2) is 25.1 Å². The second kappa shape index (κ2) is 3.72. The Hall–Kier alpha value is -2.06. The number of aromatic amines is 1. The van der Waals surface area contributed by atoms with Crippen LogP contribution in [0.4, 0.5) is 0 Å². The van der Waals surface area contributed by atoms with Crippen molar-refractivity contribution in [2.75, 3.05) is 0 Å². The van der Waals surface area contributed by atoms with Gasteiger partial charge in [0.1, 0.15) is 11.2 Å². The minimum absolute atomic E-state index is 0.657. The van der Waals surface area contributed by atoms with Gasteiger partial charge in [-0.2, -0.15) is 5.10 Å². The smallest absolute Gasteiger partial charge is 0.234 e. The van der Waals surface area contributed by atoms with Crippen LogP contribution in [0, 0.1) is 0 Å². The van der Waals surface area contributed by atoms with Crippen LogP contribution in [-0.2, 0) is 0 Å². The van der Waals surface area contributed by atoms with Gasteiger partial charge in [-0.25, -0.2) is 15.0 Å². The highest BCUT2D eigenvalue weighted by molar-refractivity contribution is 7.18. The molecule has 0 aliphatic carbocycles. The summed E-state index contributed by atoms with van der Waals surface area (Å²) in [4.78, 5) is 15.8. The number of fused-ring (bicyclic) bond motifs is 2. The van der Waals surface area contributed by atoms with Crippen LogP contribution in [0.1, 0.15) is 0 Å². The molecule has 4 aromatic heterocycles. The molecular weight excluding hydrogens is 268 g/mol. The van der Waals surface area contributed by atoms with E-state index >= 15 is 0 Å². The van der Waals surface area contributed by atoms with E-state index in [2.05, 4.69) is 30.1 Å². The summed E-state index contributed by atoms with van der Waals surface area (Å²) in [5.74, 6) is 0. The van der Waals surface area contributed by atoms with E-state index in [9.17, 15) is 0 Å². The molecule has 0 saturated heterocycles. The van der Waals surface area contributed by atoms with Crippen LogP contribution in [0.25, 0.3) is 32.0 Å². The Balaban J connectivity index is 2.13. The summed E-state index contributed by atoms with van der Waals surface area (Å²) >= 11 is 3.12. The Labute approximate surface area is 108 Å². The fourth-order valence-electron chi connectivity index (χ4n) is 1.79. The van der Waals surface area contributed by atoms with Crippen molar-refractivity contribution in [3.63, 3.8) is 0 Å². The lowest BCUT2D eigenvalue weighted by atomic mass is 10.2. The first-order chi connectivity index (χ1) is 8.93. The number of thiazole rings is 2. The van der Waals surface area contributed by atoms with Gasteiger partial charge in [-0.05, 0) is 4.98 Å². The minimum atomic E-state index is 0.657. The normalized spacial score (nSPS) is 11.3. The number of nitrogens with zero attached hydrogens (tertiary/aromatic N) is 5. The number of rotatable bonds is 1. The van der Waals surface area contributed by atoms with E-state index in [0.29, 0.717) is 5.65 Å². The second-order valence-electron chi connectivity index (χ2n) is 3.54. The monoisotopic (exact) mass is 273 g/mol. The van der Waals surface area contributed by atoms with Gasteiger partial charge in [0.15, 0.2) is 10.3 Å². The first kappa shape index (κ1) is 9.92. The molecule has 0 aliphatic rings. The maximum Gasteiger partial charge on any atom is 0.343 e. The first-order valence-corrected chi connectivity index (χ1v) is 6.84. The topological polar surface area (TPSA) is 78.6 Å². The van der Waals surface area contributed by atoms with E-state index in [0.717, 1.165) is 26.3 Å². The highest BCUT2D eigenvalue weighted by Crippen LogP contribution is 2.32. The van der Waals surface area contributed by atoms with E-state index in [1.165, 1.54) is 0 Å². The molecule has 0 aromatic carbocycles. The molecule has 0 atom stereocenters. The summed E-state index contributed by atoms with van der Waals surface area (Å²) < 4.78 is 2.01. The van der Waals surface area contributed by atoms with Gasteiger partial charge in [-0.3, -0.25) is 0 Å². The Morgan fingerprint density at radius 1 is 1.06 bits per heavy atom. The lowest BCUT2D eigenvalue weighted by molar-refractivity contribution is -0.341. The summed E-state index contributed by atoms with van der Waals surface area (Å²) in [6, 6.07) is 0. The van der Waals surface area contributed by atoms with Gasteiger partial charge in [-0.1, -0.05) is 11.3 Å². The zero-order chi connectivity index (χ0) is 11.9. The third-order valence-electron chi connectivity index (χ3n) is 2.56. The van der Waals surface area contributed by atoms with E-state index in [4.69, 9.17) is 0 Å². The molecule has 0 spiro atoms. The molecule has 4 heterocycles. The van der Waals surface area contributed by atoms with Gasteiger partial charge < -0.3 is 0 Å². The molecule has 0 aliphatic heterocycles. The molecule has 0 saturated carbocycles. The Morgan fingerprint density at radius 3 is 3.06 bits per heavy atom. The number of hydrogen-bond donors (Lipinski definition) is 0. The van der Waals surface area contributed by atoms with Crippen molar-refractivity contribution < 1.29 is 4.98 Å². The number of aromatic nitrogens is 6. The zero-order valence-electron chi connectivity index (χ0n) is 8.86. The number of hydrogen-bond acceptors (Lipinski definition) is 7. The molecule has 0 amide bonds. The van der Waals surface area contributed by atoms with Gasteiger partial charge in [0.25, 0.3) is 0 Å². The molecule has 4 rings (SSSR count).